The van der Waals surface area contributed by atoms with Crippen LogP contribution in [0.15, 0.2) is 48.5 Å². The summed E-state index contributed by atoms with van der Waals surface area (Å²) in [4.78, 5) is 12.6. The highest BCUT2D eigenvalue weighted by Crippen LogP contribution is 2.31. The van der Waals surface area contributed by atoms with Gasteiger partial charge in [-0.1, -0.05) is 36.4 Å². The predicted molar refractivity (Wildman–Crippen MR) is 115 cm³/mol. The number of amides is 1. The number of nitrogens with one attached hydrogen (secondary N) is 1. The average Bonchev–Trinajstić information content (AvgIpc) is 2.73. The fraction of sp³-hybridized carbons (Fsp3) is 0.409. The van der Waals surface area contributed by atoms with Crippen LogP contribution in [-0.2, 0) is 16.1 Å². The number of carbonyl (C=O) groups is 1. The van der Waals surface area contributed by atoms with E-state index in [9.17, 15) is 4.79 Å². The average molecular weight is 421 g/mol. The van der Waals surface area contributed by atoms with E-state index in [1.165, 1.54) is 0 Å². The standard InChI is InChI=1S/C22H28N2O4.ClH/c1-16(24-21(25)22(23)10-12-27-13-11-22)18-8-9-19(20(14-18)26-2)28-15-17-6-4-3-5-7-17;/h3-9,14,16H,10-13,15,23H2,1-2H3,(H,24,25);1H. The number of rotatable bonds is 7. The number of hydrogen-bond donors (Lipinski definition) is 2. The molecule has 1 fully saturated rings. The van der Waals surface area contributed by atoms with Gasteiger partial charge in [-0.25, -0.2) is 0 Å². The lowest BCUT2D eigenvalue weighted by atomic mass is 9.90. The van der Waals surface area contributed by atoms with Gasteiger partial charge in [0.15, 0.2) is 11.5 Å². The summed E-state index contributed by atoms with van der Waals surface area (Å²) in [5.74, 6) is 1.14. The molecule has 0 saturated carbocycles. The lowest BCUT2D eigenvalue weighted by Crippen LogP contribution is -2.57. The van der Waals surface area contributed by atoms with Crippen molar-refractivity contribution in [3.05, 3.63) is 59.7 Å². The van der Waals surface area contributed by atoms with Crippen molar-refractivity contribution in [3.63, 3.8) is 0 Å². The molecule has 6 nitrogen and oxygen atoms in total. The highest BCUT2D eigenvalue weighted by atomic mass is 35.5. The van der Waals surface area contributed by atoms with Crippen LogP contribution in [0.25, 0.3) is 0 Å². The van der Waals surface area contributed by atoms with Gasteiger partial charge in [-0.2, -0.15) is 0 Å². The first-order chi connectivity index (χ1) is 13.5. The summed E-state index contributed by atoms with van der Waals surface area (Å²) in [6.07, 6.45) is 1.06. The molecular formula is C22H29ClN2O4. The zero-order valence-electron chi connectivity index (χ0n) is 16.9. The van der Waals surface area contributed by atoms with E-state index in [0.717, 1.165) is 11.1 Å². The molecule has 7 heteroatoms. The Bertz CT molecular complexity index is 795. The number of ether oxygens (including phenoxy) is 3. The van der Waals surface area contributed by atoms with Gasteiger partial charge in [0, 0.05) is 13.2 Å². The van der Waals surface area contributed by atoms with Gasteiger partial charge in [0.1, 0.15) is 6.61 Å². The zero-order chi connectivity index (χ0) is 20.0. The normalized spacial score (nSPS) is 16.2. The van der Waals surface area contributed by atoms with E-state index in [0.29, 0.717) is 44.2 Å². The molecule has 0 aliphatic carbocycles. The molecule has 0 aromatic heterocycles. The molecule has 1 saturated heterocycles. The number of benzene rings is 2. The van der Waals surface area contributed by atoms with Crippen LogP contribution in [0.5, 0.6) is 11.5 Å². The van der Waals surface area contributed by atoms with Gasteiger partial charge in [0.05, 0.1) is 18.7 Å². The van der Waals surface area contributed by atoms with Gasteiger partial charge in [-0.15, -0.1) is 12.4 Å². The number of halogens is 1. The van der Waals surface area contributed by atoms with Crippen LogP contribution < -0.4 is 20.5 Å². The summed E-state index contributed by atoms with van der Waals surface area (Å²) in [5.41, 5.74) is 7.41. The van der Waals surface area contributed by atoms with Crippen molar-refractivity contribution >= 4 is 18.3 Å². The van der Waals surface area contributed by atoms with Crippen LogP contribution in [0.2, 0.25) is 0 Å². The van der Waals surface area contributed by atoms with Crippen LogP contribution in [0.4, 0.5) is 0 Å². The second kappa shape index (κ2) is 10.5. The van der Waals surface area contributed by atoms with Crippen molar-refractivity contribution in [3.8, 4) is 11.5 Å². The minimum absolute atomic E-state index is 0. The van der Waals surface area contributed by atoms with Gasteiger partial charge in [-0.05, 0) is 43.0 Å². The molecule has 0 spiro atoms. The third-order valence-electron chi connectivity index (χ3n) is 5.11. The molecule has 0 radical (unpaired) electrons. The lowest BCUT2D eigenvalue weighted by Gasteiger charge is -2.33. The quantitative estimate of drug-likeness (QED) is 0.717. The van der Waals surface area contributed by atoms with Gasteiger partial charge >= 0.3 is 0 Å². The van der Waals surface area contributed by atoms with Crippen molar-refractivity contribution < 1.29 is 19.0 Å². The Morgan fingerprint density at radius 3 is 2.52 bits per heavy atom. The van der Waals surface area contributed by atoms with Crippen LogP contribution >= 0.6 is 12.4 Å². The highest BCUT2D eigenvalue weighted by molar-refractivity contribution is 5.86. The van der Waals surface area contributed by atoms with Gasteiger partial charge < -0.3 is 25.3 Å². The molecule has 3 N–H and O–H groups in total. The molecular weight excluding hydrogens is 392 g/mol. The van der Waals surface area contributed by atoms with E-state index < -0.39 is 5.54 Å². The molecule has 158 valence electrons. The second-order valence-corrected chi connectivity index (χ2v) is 7.15. The summed E-state index contributed by atoms with van der Waals surface area (Å²) in [6, 6.07) is 15.4. The molecule has 2 aromatic carbocycles. The number of carbonyl (C=O) groups excluding carboxylic acids is 1. The first kappa shape index (κ1) is 23.0. The summed E-state index contributed by atoms with van der Waals surface area (Å²) < 4.78 is 16.7. The first-order valence-electron chi connectivity index (χ1n) is 9.54. The van der Waals surface area contributed by atoms with Crippen LogP contribution in [-0.4, -0.2) is 31.8 Å². The Labute approximate surface area is 178 Å². The Kier molecular flexibility index (Phi) is 8.32. The minimum Gasteiger partial charge on any atom is -0.493 e. The molecule has 3 rings (SSSR count). The Hall–Kier alpha value is -2.28. The number of methoxy groups -OCH3 is 1. The summed E-state index contributed by atoms with van der Waals surface area (Å²) in [7, 11) is 1.61. The maximum absolute atomic E-state index is 12.6. The molecule has 1 atom stereocenters. The summed E-state index contributed by atoms with van der Waals surface area (Å²) >= 11 is 0. The molecule has 29 heavy (non-hydrogen) atoms. The van der Waals surface area contributed by atoms with Gasteiger partial charge in [0.25, 0.3) is 0 Å². The fourth-order valence-electron chi connectivity index (χ4n) is 3.19. The molecule has 1 unspecified atom stereocenters. The van der Waals surface area contributed by atoms with E-state index in [-0.39, 0.29) is 24.4 Å². The molecule has 1 aliphatic rings. The lowest BCUT2D eigenvalue weighted by molar-refractivity contribution is -0.130. The van der Waals surface area contributed by atoms with Crippen LogP contribution in [0.3, 0.4) is 0 Å². The fourth-order valence-corrected chi connectivity index (χ4v) is 3.19. The Morgan fingerprint density at radius 1 is 1.17 bits per heavy atom. The summed E-state index contributed by atoms with van der Waals surface area (Å²) in [5, 5.41) is 3.02. The minimum atomic E-state index is -0.866. The van der Waals surface area contributed by atoms with E-state index >= 15 is 0 Å². The monoisotopic (exact) mass is 420 g/mol. The van der Waals surface area contributed by atoms with Gasteiger partial charge in [0.2, 0.25) is 5.91 Å². The van der Waals surface area contributed by atoms with Gasteiger partial charge in [-0.3, -0.25) is 4.79 Å². The van der Waals surface area contributed by atoms with Crippen molar-refractivity contribution in [2.75, 3.05) is 20.3 Å². The molecule has 1 amide bonds. The zero-order valence-corrected chi connectivity index (χ0v) is 17.7. The maximum atomic E-state index is 12.6. The number of hydrogen-bond acceptors (Lipinski definition) is 5. The molecule has 1 aliphatic heterocycles. The highest BCUT2D eigenvalue weighted by Gasteiger charge is 2.36. The van der Waals surface area contributed by atoms with Crippen molar-refractivity contribution in [2.24, 2.45) is 5.73 Å². The maximum Gasteiger partial charge on any atom is 0.240 e. The van der Waals surface area contributed by atoms with E-state index in [1.807, 2.05) is 55.5 Å². The topological polar surface area (TPSA) is 82.8 Å². The molecule has 0 bridgehead atoms. The third kappa shape index (κ3) is 5.85. The van der Waals surface area contributed by atoms with Crippen molar-refractivity contribution in [1.29, 1.82) is 0 Å². The van der Waals surface area contributed by atoms with Crippen LogP contribution in [0.1, 0.15) is 36.9 Å². The Balaban J connectivity index is 0.00000300. The van der Waals surface area contributed by atoms with Crippen LogP contribution in [0, 0.1) is 0 Å². The molecule has 1 heterocycles. The first-order valence-corrected chi connectivity index (χ1v) is 9.54. The number of nitrogens with two attached hydrogens (primary N) is 1. The van der Waals surface area contributed by atoms with Crippen molar-refractivity contribution in [1.82, 2.24) is 5.32 Å². The van der Waals surface area contributed by atoms with E-state index in [4.69, 9.17) is 19.9 Å². The van der Waals surface area contributed by atoms with Crippen molar-refractivity contribution in [2.45, 2.75) is 38.0 Å². The third-order valence-corrected chi connectivity index (χ3v) is 5.11. The SMILES string of the molecule is COc1cc(C(C)NC(=O)C2(N)CCOCC2)ccc1OCc1ccccc1.Cl. The Morgan fingerprint density at radius 2 is 1.86 bits per heavy atom. The van der Waals surface area contributed by atoms with E-state index in [2.05, 4.69) is 5.32 Å². The second-order valence-electron chi connectivity index (χ2n) is 7.15. The predicted octanol–water partition coefficient (Wildman–Crippen LogP) is 3.38. The molecule has 2 aromatic rings. The van der Waals surface area contributed by atoms with E-state index in [1.54, 1.807) is 7.11 Å². The largest absolute Gasteiger partial charge is 0.493 e. The summed E-state index contributed by atoms with van der Waals surface area (Å²) in [6.45, 7) is 3.42. The smallest absolute Gasteiger partial charge is 0.240 e.